The van der Waals surface area contributed by atoms with Crippen molar-refractivity contribution < 1.29 is 4.39 Å². The van der Waals surface area contributed by atoms with Gasteiger partial charge in [-0.05, 0) is 59.9 Å². The second-order valence-corrected chi connectivity index (χ2v) is 6.67. The highest BCUT2D eigenvalue weighted by atomic mass is 79.9. The van der Waals surface area contributed by atoms with Gasteiger partial charge in [-0.25, -0.2) is 9.37 Å². The van der Waals surface area contributed by atoms with Crippen molar-refractivity contribution in [3.63, 3.8) is 0 Å². The Morgan fingerprint density at radius 2 is 2.25 bits per heavy atom. The second-order valence-electron chi connectivity index (χ2n) is 4.75. The van der Waals surface area contributed by atoms with Gasteiger partial charge in [0.2, 0.25) is 0 Å². The van der Waals surface area contributed by atoms with Crippen LogP contribution < -0.4 is 5.32 Å². The average molecular weight is 357 g/mol. The molecule has 0 saturated carbocycles. The molecule has 1 aromatic carbocycles. The van der Waals surface area contributed by atoms with Crippen molar-refractivity contribution in [1.29, 1.82) is 0 Å². The van der Waals surface area contributed by atoms with Crippen LogP contribution in [0, 0.1) is 12.7 Å². The number of halogens is 2. The Hall–Kier alpha value is -0.780. The van der Waals surface area contributed by atoms with Gasteiger partial charge >= 0.3 is 0 Å². The summed E-state index contributed by atoms with van der Waals surface area (Å²) >= 11 is 4.90. The number of benzene rings is 1. The van der Waals surface area contributed by atoms with Crippen LogP contribution in [-0.4, -0.2) is 11.5 Å². The molecule has 1 heterocycles. The van der Waals surface area contributed by atoms with Crippen molar-refractivity contribution in [2.75, 3.05) is 6.54 Å². The highest BCUT2D eigenvalue weighted by Crippen LogP contribution is 2.23. The van der Waals surface area contributed by atoms with Crippen LogP contribution in [0.1, 0.15) is 35.7 Å². The quantitative estimate of drug-likeness (QED) is 0.815. The lowest BCUT2D eigenvalue weighted by Crippen LogP contribution is -2.24. The van der Waals surface area contributed by atoms with Gasteiger partial charge in [0, 0.05) is 5.38 Å². The van der Waals surface area contributed by atoms with E-state index in [2.05, 4.69) is 38.5 Å². The second kappa shape index (κ2) is 7.29. The van der Waals surface area contributed by atoms with Crippen LogP contribution >= 0.6 is 27.3 Å². The molecule has 0 spiro atoms. The van der Waals surface area contributed by atoms with Crippen molar-refractivity contribution >= 4 is 27.3 Å². The van der Waals surface area contributed by atoms with Gasteiger partial charge in [0.25, 0.3) is 0 Å². The van der Waals surface area contributed by atoms with E-state index >= 15 is 0 Å². The minimum absolute atomic E-state index is 0.178. The third kappa shape index (κ3) is 4.11. The first-order chi connectivity index (χ1) is 9.60. The fourth-order valence-corrected chi connectivity index (χ4v) is 3.13. The summed E-state index contributed by atoms with van der Waals surface area (Å²) in [6.07, 6.45) is 1.88. The summed E-state index contributed by atoms with van der Waals surface area (Å²) in [7, 11) is 0. The molecular formula is C15H18BrFN2S. The molecule has 0 amide bonds. The predicted octanol–water partition coefficient (Wildman–Crippen LogP) is 4.64. The van der Waals surface area contributed by atoms with Gasteiger partial charge in [0.05, 0.1) is 21.2 Å². The van der Waals surface area contributed by atoms with E-state index < -0.39 is 0 Å². The highest BCUT2D eigenvalue weighted by molar-refractivity contribution is 9.10. The van der Waals surface area contributed by atoms with E-state index in [1.54, 1.807) is 11.3 Å². The number of hydrogen-bond donors (Lipinski definition) is 1. The Morgan fingerprint density at radius 3 is 2.85 bits per heavy atom. The number of hydrogen-bond acceptors (Lipinski definition) is 3. The van der Waals surface area contributed by atoms with E-state index in [4.69, 9.17) is 0 Å². The lowest BCUT2D eigenvalue weighted by atomic mass is 10.0. The number of nitrogens with one attached hydrogen (secondary N) is 1. The monoisotopic (exact) mass is 356 g/mol. The van der Waals surface area contributed by atoms with E-state index in [9.17, 15) is 4.39 Å². The number of thiazole rings is 1. The van der Waals surface area contributed by atoms with Gasteiger partial charge in [0.1, 0.15) is 5.82 Å². The fourth-order valence-electron chi connectivity index (χ4n) is 2.04. The summed E-state index contributed by atoms with van der Waals surface area (Å²) in [5.41, 5.74) is 2.17. The van der Waals surface area contributed by atoms with Crippen LogP contribution in [0.25, 0.3) is 0 Å². The summed E-state index contributed by atoms with van der Waals surface area (Å²) in [4.78, 5) is 4.57. The Kier molecular flexibility index (Phi) is 5.69. The zero-order valence-electron chi connectivity index (χ0n) is 11.6. The Labute approximate surface area is 131 Å². The molecule has 1 atom stereocenters. The standard InChI is InChI=1S/C15H18BrFN2S/c1-3-6-18-14(15-9-20-10(2)19-15)8-11-4-5-13(17)12(16)7-11/h4-5,7,9,14,18H,3,6,8H2,1-2H3. The molecule has 0 aliphatic rings. The van der Waals surface area contributed by atoms with E-state index in [1.807, 2.05) is 19.1 Å². The Bertz CT molecular complexity index is 571. The molecule has 2 aromatic rings. The summed E-state index contributed by atoms with van der Waals surface area (Å²) in [5.74, 6) is -0.226. The molecule has 0 bridgehead atoms. The maximum Gasteiger partial charge on any atom is 0.137 e. The van der Waals surface area contributed by atoms with Crippen molar-refractivity contribution in [3.8, 4) is 0 Å². The normalized spacial score (nSPS) is 12.6. The molecule has 2 nitrogen and oxygen atoms in total. The molecule has 0 fully saturated rings. The topological polar surface area (TPSA) is 24.9 Å². The summed E-state index contributed by atoms with van der Waals surface area (Å²) < 4.78 is 13.8. The predicted molar refractivity (Wildman–Crippen MR) is 85.7 cm³/mol. The first-order valence-corrected chi connectivity index (χ1v) is 8.36. The Balaban J connectivity index is 2.16. The molecule has 5 heteroatoms. The summed E-state index contributed by atoms with van der Waals surface area (Å²) in [5, 5.41) is 6.69. The van der Waals surface area contributed by atoms with Gasteiger partial charge in [-0.2, -0.15) is 0 Å². The fraction of sp³-hybridized carbons (Fsp3) is 0.400. The van der Waals surface area contributed by atoms with Crippen LogP contribution in [0.4, 0.5) is 4.39 Å². The number of aryl methyl sites for hydroxylation is 1. The van der Waals surface area contributed by atoms with Crippen LogP contribution in [0.15, 0.2) is 28.1 Å². The summed E-state index contributed by atoms with van der Waals surface area (Å²) in [6.45, 7) is 5.11. The molecule has 0 aliphatic heterocycles. The molecule has 1 unspecified atom stereocenters. The largest absolute Gasteiger partial charge is 0.308 e. The van der Waals surface area contributed by atoms with Crippen LogP contribution in [0.2, 0.25) is 0 Å². The molecule has 20 heavy (non-hydrogen) atoms. The number of rotatable bonds is 6. The zero-order valence-corrected chi connectivity index (χ0v) is 14.0. The molecule has 0 saturated heterocycles. The van der Waals surface area contributed by atoms with Crippen LogP contribution in [-0.2, 0) is 6.42 Å². The van der Waals surface area contributed by atoms with E-state index in [-0.39, 0.29) is 11.9 Å². The molecule has 1 N–H and O–H groups in total. The van der Waals surface area contributed by atoms with Gasteiger partial charge < -0.3 is 5.32 Å². The van der Waals surface area contributed by atoms with Crippen molar-refractivity contribution in [2.24, 2.45) is 0 Å². The maximum atomic E-state index is 13.3. The Morgan fingerprint density at radius 1 is 1.45 bits per heavy atom. The third-order valence-corrected chi connectivity index (χ3v) is 4.46. The molecule has 2 rings (SSSR count). The third-order valence-electron chi connectivity index (χ3n) is 3.06. The van der Waals surface area contributed by atoms with Gasteiger partial charge in [0.15, 0.2) is 0 Å². The molecule has 1 aromatic heterocycles. The first kappa shape index (κ1) is 15.6. The van der Waals surface area contributed by atoms with Crippen LogP contribution in [0.5, 0.6) is 0 Å². The van der Waals surface area contributed by atoms with Gasteiger partial charge in [-0.15, -0.1) is 11.3 Å². The maximum absolute atomic E-state index is 13.3. The van der Waals surface area contributed by atoms with Crippen molar-refractivity contribution in [3.05, 3.63) is 50.1 Å². The molecule has 0 radical (unpaired) electrons. The minimum atomic E-state index is -0.226. The lowest BCUT2D eigenvalue weighted by Gasteiger charge is -2.17. The SMILES string of the molecule is CCCNC(Cc1ccc(F)c(Br)c1)c1csc(C)n1. The highest BCUT2D eigenvalue weighted by Gasteiger charge is 2.15. The van der Waals surface area contributed by atoms with E-state index in [0.717, 1.165) is 35.7 Å². The van der Waals surface area contributed by atoms with Crippen molar-refractivity contribution in [1.82, 2.24) is 10.3 Å². The molecular weight excluding hydrogens is 339 g/mol. The smallest absolute Gasteiger partial charge is 0.137 e. The minimum Gasteiger partial charge on any atom is -0.308 e. The van der Waals surface area contributed by atoms with E-state index in [1.165, 1.54) is 6.07 Å². The average Bonchev–Trinajstić information content (AvgIpc) is 2.85. The lowest BCUT2D eigenvalue weighted by molar-refractivity contribution is 0.518. The van der Waals surface area contributed by atoms with Crippen LogP contribution in [0.3, 0.4) is 0 Å². The van der Waals surface area contributed by atoms with Crippen molar-refractivity contribution in [2.45, 2.75) is 32.7 Å². The summed E-state index contributed by atoms with van der Waals surface area (Å²) in [6, 6.07) is 5.36. The van der Waals surface area contributed by atoms with E-state index in [0.29, 0.717) is 4.47 Å². The number of aromatic nitrogens is 1. The molecule has 108 valence electrons. The van der Waals surface area contributed by atoms with Gasteiger partial charge in [-0.1, -0.05) is 13.0 Å². The van der Waals surface area contributed by atoms with Gasteiger partial charge in [-0.3, -0.25) is 0 Å². The first-order valence-electron chi connectivity index (χ1n) is 6.69. The zero-order chi connectivity index (χ0) is 14.5. The molecule has 0 aliphatic carbocycles. The number of nitrogens with zero attached hydrogens (tertiary/aromatic N) is 1.